The number of ether oxygens (including phenoxy) is 1. The van der Waals surface area contributed by atoms with E-state index in [0.717, 1.165) is 18.7 Å². The van der Waals surface area contributed by atoms with Crippen molar-refractivity contribution in [1.29, 1.82) is 0 Å². The van der Waals surface area contributed by atoms with Crippen molar-refractivity contribution >= 4 is 12.6 Å². The Morgan fingerprint density at radius 2 is 2.27 bits per heavy atom. The standard InChI is InChI=1S/C10H14BNO3/c13-11(14)9-3-1-2-8(6-9)10-7-12-4-5-15-10/h1-3,6,10,12-14H,4-5,7H2. The zero-order valence-electron chi connectivity index (χ0n) is 8.39. The molecule has 0 spiro atoms. The Kier molecular flexibility index (Phi) is 3.38. The molecule has 1 aliphatic rings. The van der Waals surface area contributed by atoms with Crippen molar-refractivity contribution in [3.05, 3.63) is 29.8 Å². The van der Waals surface area contributed by atoms with Gasteiger partial charge in [0.1, 0.15) is 0 Å². The molecule has 4 nitrogen and oxygen atoms in total. The highest BCUT2D eigenvalue weighted by molar-refractivity contribution is 6.58. The smallest absolute Gasteiger partial charge is 0.423 e. The molecule has 0 aliphatic carbocycles. The zero-order chi connectivity index (χ0) is 10.7. The monoisotopic (exact) mass is 207 g/mol. The molecule has 1 aromatic carbocycles. The molecule has 1 heterocycles. The van der Waals surface area contributed by atoms with Gasteiger partial charge in [0.25, 0.3) is 0 Å². The van der Waals surface area contributed by atoms with E-state index in [0.29, 0.717) is 12.1 Å². The summed E-state index contributed by atoms with van der Waals surface area (Å²) in [6.07, 6.45) is 0.0115. The molecule has 0 bridgehead atoms. The summed E-state index contributed by atoms with van der Waals surface area (Å²) in [5.41, 5.74) is 1.48. The van der Waals surface area contributed by atoms with Gasteiger partial charge in [-0.1, -0.05) is 24.3 Å². The third-order valence-electron chi connectivity index (χ3n) is 2.51. The Labute approximate surface area is 89.0 Å². The number of hydrogen-bond acceptors (Lipinski definition) is 4. The lowest BCUT2D eigenvalue weighted by molar-refractivity contribution is 0.0277. The predicted molar refractivity (Wildman–Crippen MR) is 57.8 cm³/mol. The second-order valence-corrected chi connectivity index (χ2v) is 3.61. The first-order valence-corrected chi connectivity index (χ1v) is 5.05. The van der Waals surface area contributed by atoms with Crippen molar-refractivity contribution in [3.63, 3.8) is 0 Å². The summed E-state index contributed by atoms with van der Waals surface area (Å²) in [5, 5.41) is 21.3. The van der Waals surface area contributed by atoms with E-state index in [1.807, 2.05) is 12.1 Å². The number of morpholine rings is 1. The van der Waals surface area contributed by atoms with Crippen LogP contribution in [-0.2, 0) is 4.74 Å². The van der Waals surface area contributed by atoms with Crippen LogP contribution in [0.3, 0.4) is 0 Å². The van der Waals surface area contributed by atoms with Crippen molar-refractivity contribution in [2.45, 2.75) is 6.10 Å². The maximum absolute atomic E-state index is 9.05. The van der Waals surface area contributed by atoms with Gasteiger partial charge in [0.15, 0.2) is 0 Å². The fourth-order valence-electron chi connectivity index (χ4n) is 1.70. The molecule has 2 rings (SSSR count). The van der Waals surface area contributed by atoms with E-state index in [-0.39, 0.29) is 6.10 Å². The minimum Gasteiger partial charge on any atom is -0.423 e. The maximum Gasteiger partial charge on any atom is 0.488 e. The van der Waals surface area contributed by atoms with Gasteiger partial charge in [-0.15, -0.1) is 0 Å². The number of nitrogens with one attached hydrogen (secondary N) is 1. The van der Waals surface area contributed by atoms with E-state index in [9.17, 15) is 0 Å². The first-order valence-electron chi connectivity index (χ1n) is 5.05. The zero-order valence-corrected chi connectivity index (χ0v) is 8.39. The lowest BCUT2D eigenvalue weighted by atomic mass is 9.79. The van der Waals surface area contributed by atoms with Crippen LogP contribution in [0.4, 0.5) is 0 Å². The number of rotatable bonds is 2. The van der Waals surface area contributed by atoms with E-state index >= 15 is 0 Å². The van der Waals surface area contributed by atoms with Gasteiger partial charge in [0.05, 0.1) is 12.7 Å². The van der Waals surface area contributed by atoms with E-state index in [1.54, 1.807) is 12.1 Å². The Hall–Kier alpha value is -0.875. The van der Waals surface area contributed by atoms with Crippen LogP contribution in [0.25, 0.3) is 0 Å². The molecule has 1 fully saturated rings. The molecule has 0 saturated carbocycles. The van der Waals surface area contributed by atoms with E-state index in [4.69, 9.17) is 14.8 Å². The van der Waals surface area contributed by atoms with Gasteiger partial charge in [-0.3, -0.25) is 0 Å². The molecule has 0 radical (unpaired) electrons. The summed E-state index contributed by atoms with van der Waals surface area (Å²) >= 11 is 0. The topological polar surface area (TPSA) is 61.7 Å². The fraction of sp³-hybridized carbons (Fsp3) is 0.400. The van der Waals surface area contributed by atoms with Gasteiger partial charge < -0.3 is 20.1 Å². The van der Waals surface area contributed by atoms with Crippen molar-refractivity contribution in [3.8, 4) is 0 Å². The third kappa shape index (κ3) is 2.57. The summed E-state index contributed by atoms with van der Waals surface area (Å²) in [7, 11) is -1.42. The quantitative estimate of drug-likeness (QED) is 0.546. The van der Waals surface area contributed by atoms with E-state index in [1.165, 1.54) is 0 Å². The molecule has 1 unspecified atom stereocenters. The molecule has 80 valence electrons. The van der Waals surface area contributed by atoms with Gasteiger partial charge in [-0.05, 0) is 11.0 Å². The molecule has 1 aromatic rings. The number of benzene rings is 1. The second kappa shape index (κ2) is 4.76. The molecular formula is C10H14BNO3. The lowest BCUT2D eigenvalue weighted by Crippen LogP contribution is -2.35. The molecule has 1 atom stereocenters. The molecule has 3 N–H and O–H groups in total. The lowest BCUT2D eigenvalue weighted by Gasteiger charge is -2.24. The predicted octanol–water partition coefficient (Wildman–Crippen LogP) is -0.973. The minimum atomic E-state index is -1.42. The van der Waals surface area contributed by atoms with Gasteiger partial charge in [-0.25, -0.2) is 0 Å². The first kappa shape index (κ1) is 10.6. The SMILES string of the molecule is OB(O)c1cccc(C2CNCCO2)c1. The maximum atomic E-state index is 9.05. The van der Waals surface area contributed by atoms with Crippen molar-refractivity contribution in [2.24, 2.45) is 0 Å². The average molecular weight is 207 g/mol. The van der Waals surface area contributed by atoms with Crippen LogP contribution < -0.4 is 10.8 Å². The average Bonchev–Trinajstić information content (AvgIpc) is 2.30. The highest BCUT2D eigenvalue weighted by Crippen LogP contribution is 2.17. The molecule has 15 heavy (non-hydrogen) atoms. The Morgan fingerprint density at radius 3 is 2.93 bits per heavy atom. The van der Waals surface area contributed by atoms with Gasteiger partial charge in [0.2, 0.25) is 0 Å². The summed E-state index contributed by atoms with van der Waals surface area (Å²) in [6.45, 7) is 2.33. The summed E-state index contributed by atoms with van der Waals surface area (Å²) in [5.74, 6) is 0. The highest BCUT2D eigenvalue weighted by Gasteiger charge is 2.18. The Balaban J connectivity index is 2.16. The molecule has 1 aliphatic heterocycles. The van der Waals surface area contributed by atoms with Crippen LogP contribution in [0.15, 0.2) is 24.3 Å². The Morgan fingerprint density at radius 1 is 1.40 bits per heavy atom. The molecule has 0 aromatic heterocycles. The largest absolute Gasteiger partial charge is 0.488 e. The van der Waals surface area contributed by atoms with Gasteiger partial charge in [-0.2, -0.15) is 0 Å². The normalized spacial score (nSPS) is 21.3. The van der Waals surface area contributed by atoms with Crippen LogP contribution in [0.5, 0.6) is 0 Å². The van der Waals surface area contributed by atoms with E-state index in [2.05, 4.69) is 5.32 Å². The summed E-state index contributed by atoms with van der Waals surface area (Å²) in [6, 6.07) is 7.19. The number of hydrogen-bond donors (Lipinski definition) is 3. The van der Waals surface area contributed by atoms with Crippen LogP contribution in [0, 0.1) is 0 Å². The fourth-order valence-corrected chi connectivity index (χ4v) is 1.70. The van der Waals surface area contributed by atoms with Crippen LogP contribution in [0.2, 0.25) is 0 Å². The first-order chi connectivity index (χ1) is 7.27. The van der Waals surface area contributed by atoms with Gasteiger partial charge in [0, 0.05) is 13.1 Å². The van der Waals surface area contributed by atoms with Crippen molar-refractivity contribution in [1.82, 2.24) is 5.32 Å². The van der Waals surface area contributed by atoms with Crippen LogP contribution >= 0.6 is 0 Å². The molecular weight excluding hydrogens is 193 g/mol. The van der Waals surface area contributed by atoms with Crippen LogP contribution in [0.1, 0.15) is 11.7 Å². The van der Waals surface area contributed by atoms with Crippen molar-refractivity contribution < 1.29 is 14.8 Å². The van der Waals surface area contributed by atoms with E-state index < -0.39 is 7.12 Å². The molecule has 5 heteroatoms. The van der Waals surface area contributed by atoms with Gasteiger partial charge >= 0.3 is 7.12 Å². The summed E-state index contributed by atoms with van der Waals surface area (Å²) < 4.78 is 5.57. The summed E-state index contributed by atoms with van der Waals surface area (Å²) in [4.78, 5) is 0. The Bertz CT molecular complexity index is 326. The minimum absolute atomic E-state index is 0.0115. The van der Waals surface area contributed by atoms with Crippen molar-refractivity contribution in [2.75, 3.05) is 19.7 Å². The molecule has 0 amide bonds. The van der Waals surface area contributed by atoms with Crippen LogP contribution in [-0.4, -0.2) is 36.9 Å². The second-order valence-electron chi connectivity index (χ2n) is 3.61. The molecule has 1 saturated heterocycles. The highest BCUT2D eigenvalue weighted by atomic mass is 16.5. The third-order valence-corrected chi connectivity index (χ3v) is 2.51.